The van der Waals surface area contributed by atoms with Crippen molar-refractivity contribution in [1.29, 1.82) is 0 Å². The van der Waals surface area contributed by atoms with E-state index < -0.39 is 0 Å². The van der Waals surface area contributed by atoms with E-state index in [2.05, 4.69) is 90.0 Å². The molecule has 24 heavy (non-hydrogen) atoms. The fourth-order valence-corrected chi connectivity index (χ4v) is 3.24. The van der Waals surface area contributed by atoms with Crippen LogP contribution in [0.3, 0.4) is 0 Å². The predicted molar refractivity (Wildman–Crippen MR) is 98.6 cm³/mol. The Morgan fingerprint density at radius 1 is 0.708 bits per heavy atom. The number of aromatic nitrogens is 3. The lowest BCUT2D eigenvalue weighted by Crippen LogP contribution is -1.96. The number of aryl methyl sites for hydroxylation is 1. The molecule has 3 nitrogen and oxygen atoms in total. The van der Waals surface area contributed by atoms with Crippen LogP contribution in [-0.2, 0) is 0 Å². The summed E-state index contributed by atoms with van der Waals surface area (Å²) in [5.41, 5.74) is 4.21. The van der Waals surface area contributed by atoms with E-state index in [4.69, 9.17) is 0 Å². The minimum absolute atomic E-state index is 0.915. The molecule has 1 aromatic heterocycles. The van der Waals surface area contributed by atoms with Crippen molar-refractivity contribution in [2.45, 2.75) is 6.92 Å². The molecule has 4 aromatic carbocycles. The quantitative estimate of drug-likeness (QED) is 0.406. The Kier molecular flexibility index (Phi) is 2.71. The van der Waals surface area contributed by atoms with E-state index in [1.807, 2.05) is 4.68 Å². The van der Waals surface area contributed by atoms with Crippen LogP contribution in [0.15, 0.2) is 72.8 Å². The summed E-state index contributed by atoms with van der Waals surface area (Å²) in [4.78, 5) is 0. The topological polar surface area (TPSA) is 30.7 Å². The highest BCUT2D eigenvalue weighted by Crippen LogP contribution is 2.27. The summed E-state index contributed by atoms with van der Waals surface area (Å²) in [6.45, 7) is 2.09. The van der Waals surface area contributed by atoms with Gasteiger partial charge in [0.15, 0.2) is 0 Å². The third kappa shape index (κ3) is 1.98. The first-order chi connectivity index (χ1) is 11.8. The van der Waals surface area contributed by atoms with Gasteiger partial charge in [0, 0.05) is 0 Å². The van der Waals surface area contributed by atoms with Crippen molar-refractivity contribution in [3.8, 4) is 5.69 Å². The first-order valence-corrected chi connectivity index (χ1v) is 8.03. The minimum atomic E-state index is 0.915. The van der Waals surface area contributed by atoms with Crippen molar-refractivity contribution in [3.63, 3.8) is 0 Å². The van der Waals surface area contributed by atoms with Crippen molar-refractivity contribution < 1.29 is 0 Å². The van der Waals surface area contributed by atoms with E-state index in [-0.39, 0.29) is 0 Å². The van der Waals surface area contributed by atoms with Gasteiger partial charge in [-0.05, 0) is 64.9 Å². The number of rotatable bonds is 1. The molecule has 0 saturated heterocycles. The molecule has 0 radical (unpaired) electrons. The first kappa shape index (κ1) is 13.3. The molecular weight excluding hydrogens is 294 g/mol. The molecule has 0 unspecified atom stereocenters. The molecule has 1 heterocycles. The van der Waals surface area contributed by atoms with Crippen LogP contribution >= 0.6 is 0 Å². The second-order valence-electron chi connectivity index (χ2n) is 6.22. The maximum absolute atomic E-state index is 4.36. The second-order valence-corrected chi connectivity index (χ2v) is 6.22. The van der Waals surface area contributed by atoms with E-state index in [1.165, 1.54) is 27.1 Å². The van der Waals surface area contributed by atoms with Crippen molar-refractivity contribution in [3.05, 3.63) is 78.4 Å². The highest BCUT2D eigenvalue weighted by atomic mass is 15.4. The van der Waals surface area contributed by atoms with Crippen LogP contribution in [0, 0.1) is 6.92 Å². The maximum atomic E-state index is 4.36. The molecule has 5 rings (SSSR count). The van der Waals surface area contributed by atoms with Gasteiger partial charge >= 0.3 is 0 Å². The van der Waals surface area contributed by atoms with Crippen molar-refractivity contribution in [1.82, 2.24) is 15.0 Å². The summed E-state index contributed by atoms with van der Waals surface area (Å²) in [5.74, 6) is 0. The molecule has 0 aliphatic rings. The zero-order valence-electron chi connectivity index (χ0n) is 13.3. The number of fused-ring (bicyclic) bond motifs is 3. The Morgan fingerprint density at radius 3 is 2.08 bits per heavy atom. The van der Waals surface area contributed by atoms with Gasteiger partial charge in [0.25, 0.3) is 0 Å². The van der Waals surface area contributed by atoms with Gasteiger partial charge in [0.1, 0.15) is 5.52 Å². The summed E-state index contributed by atoms with van der Waals surface area (Å²) >= 11 is 0. The van der Waals surface area contributed by atoms with E-state index in [1.54, 1.807) is 0 Å². The van der Waals surface area contributed by atoms with Crippen LogP contribution in [0.2, 0.25) is 0 Å². The van der Waals surface area contributed by atoms with Crippen LogP contribution in [-0.4, -0.2) is 15.0 Å². The predicted octanol–water partition coefficient (Wildman–Crippen LogP) is 5.04. The zero-order chi connectivity index (χ0) is 16.1. The fraction of sp³-hybridized carbons (Fsp3) is 0.0476. The molecule has 0 saturated carbocycles. The van der Waals surface area contributed by atoms with Crippen LogP contribution < -0.4 is 0 Å². The molecular formula is C21H15N3. The van der Waals surface area contributed by atoms with Crippen LogP contribution in [0.4, 0.5) is 0 Å². The number of hydrogen-bond acceptors (Lipinski definition) is 2. The van der Waals surface area contributed by atoms with Crippen molar-refractivity contribution >= 4 is 32.6 Å². The molecule has 0 spiro atoms. The van der Waals surface area contributed by atoms with E-state index in [0.717, 1.165) is 16.7 Å². The standard InChI is InChI=1S/C21H15N3/c1-14-6-8-19(9-7-14)24-21-13-18-11-16-5-3-2-4-15(16)10-17(18)12-20(21)22-23-24/h2-13H,1H3. The Morgan fingerprint density at radius 2 is 1.38 bits per heavy atom. The third-order valence-corrected chi connectivity index (χ3v) is 4.55. The number of benzene rings is 4. The van der Waals surface area contributed by atoms with Crippen LogP contribution in [0.1, 0.15) is 5.56 Å². The highest BCUT2D eigenvalue weighted by Gasteiger charge is 2.09. The summed E-state index contributed by atoms with van der Waals surface area (Å²) in [6.07, 6.45) is 0. The third-order valence-electron chi connectivity index (χ3n) is 4.55. The van der Waals surface area contributed by atoms with Gasteiger partial charge in [-0.2, -0.15) is 0 Å². The maximum Gasteiger partial charge on any atom is 0.114 e. The molecule has 0 N–H and O–H groups in total. The summed E-state index contributed by atoms with van der Waals surface area (Å²) in [5, 5.41) is 13.6. The SMILES string of the molecule is Cc1ccc(-n2nnc3cc4cc5ccccc5cc4cc32)cc1. The van der Waals surface area contributed by atoms with Gasteiger partial charge in [-0.15, -0.1) is 5.10 Å². The highest BCUT2D eigenvalue weighted by molar-refractivity contribution is 6.03. The molecule has 0 aliphatic heterocycles. The zero-order valence-corrected chi connectivity index (χ0v) is 13.3. The average Bonchev–Trinajstić information content (AvgIpc) is 3.01. The largest absolute Gasteiger partial charge is 0.213 e. The van der Waals surface area contributed by atoms with E-state index in [9.17, 15) is 0 Å². The summed E-state index contributed by atoms with van der Waals surface area (Å²) in [7, 11) is 0. The monoisotopic (exact) mass is 309 g/mol. The Balaban J connectivity index is 1.80. The molecule has 0 atom stereocenters. The van der Waals surface area contributed by atoms with Gasteiger partial charge in [-0.3, -0.25) is 0 Å². The normalized spacial score (nSPS) is 11.5. The number of nitrogens with zero attached hydrogens (tertiary/aromatic N) is 3. The van der Waals surface area contributed by atoms with E-state index in [0.29, 0.717) is 0 Å². The lowest BCUT2D eigenvalue weighted by atomic mass is 10.0. The second kappa shape index (κ2) is 4.90. The molecule has 0 bridgehead atoms. The molecule has 0 amide bonds. The van der Waals surface area contributed by atoms with Gasteiger partial charge in [-0.1, -0.05) is 47.2 Å². The van der Waals surface area contributed by atoms with Crippen LogP contribution in [0.5, 0.6) is 0 Å². The summed E-state index contributed by atoms with van der Waals surface area (Å²) in [6, 6.07) is 25.5. The Bertz CT molecular complexity index is 1200. The lowest BCUT2D eigenvalue weighted by molar-refractivity contribution is 0.824. The molecule has 114 valence electrons. The van der Waals surface area contributed by atoms with Gasteiger partial charge < -0.3 is 0 Å². The minimum Gasteiger partial charge on any atom is -0.213 e. The Hall–Kier alpha value is -3.20. The molecule has 0 aliphatic carbocycles. The lowest BCUT2D eigenvalue weighted by Gasteiger charge is -2.05. The van der Waals surface area contributed by atoms with E-state index >= 15 is 0 Å². The fourth-order valence-electron chi connectivity index (χ4n) is 3.24. The smallest absolute Gasteiger partial charge is 0.114 e. The van der Waals surface area contributed by atoms with Crippen molar-refractivity contribution in [2.24, 2.45) is 0 Å². The first-order valence-electron chi connectivity index (χ1n) is 8.03. The van der Waals surface area contributed by atoms with Crippen molar-refractivity contribution in [2.75, 3.05) is 0 Å². The molecule has 3 heteroatoms. The Labute approximate surface area is 139 Å². The van der Waals surface area contributed by atoms with Gasteiger partial charge in [0.05, 0.1) is 11.2 Å². The van der Waals surface area contributed by atoms with Gasteiger partial charge in [-0.25, -0.2) is 4.68 Å². The van der Waals surface area contributed by atoms with Gasteiger partial charge in [0.2, 0.25) is 0 Å². The molecule has 5 aromatic rings. The molecule has 0 fully saturated rings. The van der Waals surface area contributed by atoms with Crippen LogP contribution in [0.25, 0.3) is 38.3 Å². The number of hydrogen-bond donors (Lipinski definition) is 0. The average molecular weight is 309 g/mol. The summed E-state index contributed by atoms with van der Waals surface area (Å²) < 4.78 is 1.91.